The van der Waals surface area contributed by atoms with Crippen LogP contribution in [0.5, 0.6) is 0 Å². The molecule has 0 aliphatic rings. The van der Waals surface area contributed by atoms with Crippen LogP contribution in [0.15, 0.2) is 18.5 Å². The van der Waals surface area contributed by atoms with Gasteiger partial charge in [-0.15, -0.1) is 11.3 Å². The molecule has 5 heteroatoms. The van der Waals surface area contributed by atoms with E-state index in [4.69, 9.17) is 11.6 Å². The van der Waals surface area contributed by atoms with Crippen LogP contribution in [0.1, 0.15) is 4.88 Å². The Bertz CT molecular complexity index is 427. The number of hydrogen-bond donors (Lipinski definition) is 0. The van der Waals surface area contributed by atoms with Gasteiger partial charge in [-0.25, -0.2) is 15.0 Å². The van der Waals surface area contributed by atoms with Gasteiger partial charge in [0.25, 0.3) is 0 Å². The molecule has 0 spiro atoms. The number of aryl methyl sites for hydroxylation is 1. The molecule has 0 atom stereocenters. The summed E-state index contributed by atoms with van der Waals surface area (Å²) in [6.45, 7) is 2.00. The average molecular weight is 212 g/mol. The minimum absolute atomic E-state index is 0.255. The molecular weight excluding hydrogens is 206 g/mol. The van der Waals surface area contributed by atoms with Gasteiger partial charge in [0.2, 0.25) is 5.28 Å². The quantitative estimate of drug-likeness (QED) is 0.681. The summed E-state index contributed by atoms with van der Waals surface area (Å²) >= 11 is 7.25. The maximum absolute atomic E-state index is 5.66. The number of hydrogen-bond acceptors (Lipinski definition) is 4. The molecule has 0 radical (unpaired) electrons. The highest BCUT2D eigenvalue weighted by atomic mass is 35.5. The lowest BCUT2D eigenvalue weighted by atomic mass is 10.4. The van der Waals surface area contributed by atoms with E-state index in [9.17, 15) is 0 Å². The molecule has 2 aromatic rings. The first-order chi connectivity index (χ1) is 6.25. The summed E-state index contributed by atoms with van der Waals surface area (Å²) in [5, 5.41) is 1.13. The van der Waals surface area contributed by atoms with Gasteiger partial charge in [0.15, 0.2) is 0 Å². The zero-order valence-electron chi connectivity index (χ0n) is 6.86. The van der Waals surface area contributed by atoms with Crippen molar-refractivity contribution in [3.8, 4) is 10.7 Å². The molecule has 13 heavy (non-hydrogen) atoms. The van der Waals surface area contributed by atoms with E-state index >= 15 is 0 Å². The second kappa shape index (κ2) is 3.40. The predicted molar refractivity (Wildman–Crippen MR) is 52.9 cm³/mol. The fourth-order valence-electron chi connectivity index (χ4n) is 0.927. The van der Waals surface area contributed by atoms with Gasteiger partial charge in [-0.05, 0) is 24.6 Å². The maximum atomic E-state index is 5.66. The minimum atomic E-state index is 0.255. The van der Waals surface area contributed by atoms with Crippen LogP contribution in [0.4, 0.5) is 0 Å². The molecule has 66 valence electrons. The van der Waals surface area contributed by atoms with Crippen LogP contribution < -0.4 is 0 Å². The minimum Gasteiger partial charge on any atom is -0.243 e. The Morgan fingerprint density at radius 1 is 1.38 bits per heavy atom. The molecule has 0 unspecified atom stereocenters. The van der Waals surface area contributed by atoms with Gasteiger partial charge in [0, 0.05) is 17.3 Å². The van der Waals surface area contributed by atoms with E-state index in [0.29, 0.717) is 0 Å². The van der Waals surface area contributed by atoms with Gasteiger partial charge in [-0.2, -0.15) is 0 Å². The van der Waals surface area contributed by atoms with Crippen LogP contribution in [0, 0.1) is 6.92 Å². The highest BCUT2D eigenvalue weighted by molar-refractivity contribution is 7.14. The average Bonchev–Trinajstić information content (AvgIpc) is 2.52. The first-order valence-corrected chi connectivity index (χ1v) is 4.86. The molecule has 0 aliphatic heterocycles. The van der Waals surface area contributed by atoms with Crippen molar-refractivity contribution in [2.75, 3.05) is 0 Å². The van der Waals surface area contributed by atoms with Crippen molar-refractivity contribution in [2.24, 2.45) is 0 Å². The van der Waals surface area contributed by atoms with E-state index < -0.39 is 0 Å². The van der Waals surface area contributed by atoms with Crippen molar-refractivity contribution in [3.05, 3.63) is 28.6 Å². The molecule has 2 aromatic heterocycles. The largest absolute Gasteiger partial charge is 0.243 e. The summed E-state index contributed by atoms with van der Waals surface area (Å²) in [6.07, 6.45) is 3.44. The number of thiazole rings is 1. The summed E-state index contributed by atoms with van der Waals surface area (Å²) in [6, 6.07) is 1.80. The molecule has 0 fully saturated rings. The molecular formula is C8H6ClN3S. The zero-order valence-corrected chi connectivity index (χ0v) is 8.43. The lowest BCUT2D eigenvalue weighted by Crippen LogP contribution is -1.84. The van der Waals surface area contributed by atoms with Crippen molar-refractivity contribution < 1.29 is 0 Å². The third kappa shape index (κ3) is 1.84. The van der Waals surface area contributed by atoms with E-state index in [-0.39, 0.29) is 5.28 Å². The van der Waals surface area contributed by atoms with Crippen molar-refractivity contribution in [2.45, 2.75) is 6.92 Å². The zero-order chi connectivity index (χ0) is 9.26. The van der Waals surface area contributed by atoms with Crippen LogP contribution >= 0.6 is 22.9 Å². The summed E-state index contributed by atoms with van der Waals surface area (Å²) in [5.74, 6) is 0. The first-order valence-electron chi connectivity index (χ1n) is 3.67. The van der Waals surface area contributed by atoms with Crippen LogP contribution in [0.25, 0.3) is 10.7 Å². The van der Waals surface area contributed by atoms with E-state index in [1.807, 2.05) is 13.1 Å². The fraction of sp³-hybridized carbons (Fsp3) is 0.125. The van der Waals surface area contributed by atoms with Crippen molar-refractivity contribution in [1.82, 2.24) is 15.0 Å². The molecule has 2 rings (SSSR count). The van der Waals surface area contributed by atoms with Gasteiger partial charge in [0.1, 0.15) is 10.7 Å². The Kier molecular flexibility index (Phi) is 2.24. The SMILES string of the molecule is Cc1cnc(-c2ccnc(Cl)n2)s1. The van der Waals surface area contributed by atoms with Crippen LogP contribution in [0.2, 0.25) is 5.28 Å². The van der Waals surface area contributed by atoms with Gasteiger partial charge in [0.05, 0.1) is 0 Å². The highest BCUT2D eigenvalue weighted by Gasteiger charge is 2.04. The molecule has 0 aromatic carbocycles. The van der Waals surface area contributed by atoms with E-state index in [0.717, 1.165) is 15.6 Å². The third-order valence-electron chi connectivity index (χ3n) is 1.47. The Hall–Kier alpha value is -1.00. The number of nitrogens with zero attached hydrogens (tertiary/aromatic N) is 3. The van der Waals surface area contributed by atoms with Gasteiger partial charge in [-0.1, -0.05) is 0 Å². The first kappa shape index (κ1) is 8.59. The summed E-state index contributed by atoms with van der Waals surface area (Å²) in [7, 11) is 0. The standard InChI is InChI=1S/C8H6ClN3S/c1-5-4-11-7(13-5)6-2-3-10-8(9)12-6/h2-4H,1H3. The van der Waals surface area contributed by atoms with Crippen molar-refractivity contribution >= 4 is 22.9 Å². The monoisotopic (exact) mass is 211 g/mol. The second-order valence-corrected chi connectivity index (χ2v) is 4.06. The molecule has 0 saturated heterocycles. The molecule has 3 nitrogen and oxygen atoms in total. The number of halogens is 1. The van der Waals surface area contributed by atoms with Gasteiger partial charge >= 0.3 is 0 Å². The lowest BCUT2D eigenvalue weighted by molar-refractivity contribution is 1.16. The fourth-order valence-corrected chi connectivity index (χ4v) is 1.81. The smallest absolute Gasteiger partial charge is 0.222 e. The molecule has 0 amide bonds. The second-order valence-electron chi connectivity index (χ2n) is 2.49. The molecule has 2 heterocycles. The maximum Gasteiger partial charge on any atom is 0.222 e. The number of aromatic nitrogens is 3. The molecule has 0 aliphatic carbocycles. The van der Waals surface area contributed by atoms with Crippen LogP contribution in [-0.4, -0.2) is 15.0 Å². The third-order valence-corrected chi connectivity index (χ3v) is 2.58. The predicted octanol–water partition coefficient (Wildman–Crippen LogP) is 2.56. The highest BCUT2D eigenvalue weighted by Crippen LogP contribution is 2.22. The van der Waals surface area contributed by atoms with Gasteiger partial charge in [-0.3, -0.25) is 0 Å². The topological polar surface area (TPSA) is 38.7 Å². The summed E-state index contributed by atoms with van der Waals surface area (Å²) in [5.41, 5.74) is 0.776. The van der Waals surface area contributed by atoms with E-state index in [1.165, 1.54) is 0 Å². The van der Waals surface area contributed by atoms with E-state index in [2.05, 4.69) is 15.0 Å². The van der Waals surface area contributed by atoms with Crippen LogP contribution in [0.3, 0.4) is 0 Å². The molecule has 0 bridgehead atoms. The van der Waals surface area contributed by atoms with Gasteiger partial charge < -0.3 is 0 Å². The Labute approximate surface area is 84.5 Å². The normalized spacial score (nSPS) is 10.3. The van der Waals surface area contributed by atoms with Crippen molar-refractivity contribution in [1.29, 1.82) is 0 Å². The lowest BCUT2D eigenvalue weighted by Gasteiger charge is -1.93. The van der Waals surface area contributed by atoms with Crippen molar-refractivity contribution in [3.63, 3.8) is 0 Å². The molecule has 0 saturated carbocycles. The van der Waals surface area contributed by atoms with Crippen LogP contribution in [-0.2, 0) is 0 Å². The number of rotatable bonds is 1. The Morgan fingerprint density at radius 3 is 2.85 bits per heavy atom. The summed E-state index contributed by atoms with van der Waals surface area (Å²) in [4.78, 5) is 13.2. The van der Waals surface area contributed by atoms with E-state index in [1.54, 1.807) is 23.6 Å². The summed E-state index contributed by atoms with van der Waals surface area (Å²) < 4.78 is 0. The Balaban J connectivity index is 2.46. The molecule has 0 N–H and O–H groups in total. The Morgan fingerprint density at radius 2 is 2.23 bits per heavy atom.